The highest BCUT2D eigenvalue weighted by atomic mass is 16.3. The quantitative estimate of drug-likeness (QED) is 0.641. The van der Waals surface area contributed by atoms with Crippen LogP contribution in [0.25, 0.3) is 0 Å². The van der Waals surface area contributed by atoms with Gasteiger partial charge in [0.25, 0.3) is 0 Å². The first-order valence-corrected chi connectivity index (χ1v) is 5.29. The molecule has 0 fully saturated rings. The second kappa shape index (κ2) is 6.02. The molecule has 3 nitrogen and oxygen atoms in total. The first kappa shape index (κ1) is 13.4. The second-order valence-electron chi connectivity index (χ2n) is 4.83. The summed E-state index contributed by atoms with van der Waals surface area (Å²) < 4.78 is 0. The molecular weight excluding hydrogens is 178 g/mol. The van der Waals surface area contributed by atoms with Gasteiger partial charge in [0.2, 0.25) is 5.91 Å². The number of hydrogen-bond donors (Lipinski definition) is 2. The van der Waals surface area contributed by atoms with Crippen LogP contribution in [0.15, 0.2) is 0 Å². The zero-order valence-corrected chi connectivity index (χ0v) is 9.76. The minimum absolute atomic E-state index is 0.0660. The summed E-state index contributed by atoms with van der Waals surface area (Å²) in [5.41, 5.74) is -0.655. The minimum Gasteiger partial charge on any atom is -0.395 e. The summed E-state index contributed by atoms with van der Waals surface area (Å²) in [5, 5.41) is 11.8. The smallest absolute Gasteiger partial charge is 0.227 e. The Hall–Kier alpha value is -0.570. The molecule has 0 atom stereocenters. The van der Waals surface area contributed by atoms with Gasteiger partial charge in [-0.3, -0.25) is 4.79 Å². The van der Waals surface area contributed by atoms with Gasteiger partial charge in [0.05, 0.1) is 12.0 Å². The molecule has 0 aliphatic heterocycles. The Morgan fingerprint density at radius 1 is 1.43 bits per heavy atom. The van der Waals surface area contributed by atoms with Crippen molar-refractivity contribution in [1.82, 2.24) is 5.32 Å². The van der Waals surface area contributed by atoms with E-state index < -0.39 is 5.41 Å². The molecule has 0 heterocycles. The van der Waals surface area contributed by atoms with Crippen molar-refractivity contribution in [1.29, 1.82) is 0 Å². The number of nitrogens with one attached hydrogen (secondary N) is 1. The molecule has 0 unspecified atom stereocenters. The third-order valence-corrected chi connectivity index (χ3v) is 2.25. The standard InChI is InChI=1S/C11H23NO2/c1-9(2)6-5-7-12-10(14)11(3,4)8-13/h9,13H,5-8H2,1-4H3,(H,12,14). The van der Waals surface area contributed by atoms with Gasteiger partial charge in [0.1, 0.15) is 0 Å². The van der Waals surface area contributed by atoms with Crippen LogP contribution in [0.3, 0.4) is 0 Å². The summed E-state index contributed by atoms with van der Waals surface area (Å²) in [5.74, 6) is 0.613. The molecule has 0 aromatic heterocycles. The highest BCUT2D eigenvalue weighted by molar-refractivity contribution is 5.81. The number of rotatable bonds is 6. The first-order valence-electron chi connectivity index (χ1n) is 5.29. The summed E-state index contributed by atoms with van der Waals surface area (Å²) in [7, 11) is 0. The molecule has 0 aliphatic rings. The van der Waals surface area contributed by atoms with E-state index in [1.54, 1.807) is 13.8 Å². The second-order valence-corrected chi connectivity index (χ2v) is 4.83. The van der Waals surface area contributed by atoms with Gasteiger partial charge in [-0.05, 0) is 32.6 Å². The van der Waals surface area contributed by atoms with Crippen molar-refractivity contribution >= 4 is 5.91 Å². The van der Waals surface area contributed by atoms with Crippen LogP contribution in [0.5, 0.6) is 0 Å². The Morgan fingerprint density at radius 2 is 2.00 bits per heavy atom. The lowest BCUT2D eigenvalue weighted by molar-refractivity contribution is -0.131. The normalized spacial score (nSPS) is 11.9. The van der Waals surface area contributed by atoms with E-state index in [9.17, 15) is 4.79 Å². The van der Waals surface area contributed by atoms with Crippen LogP contribution in [0, 0.1) is 11.3 Å². The molecule has 0 saturated carbocycles. The topological polar surface area (TPSA) is 49.3 Å². The lowest BCUT2D eigenvalue weighted by Gasteiger charge is -2.20. The van der Waals surface area contributed by atoms with E-state index >= 15 is 0 Å². The fraction of sp³-hybridized carbons (Fsp3) is 0.909. The number of carbonyl (C=O) groups excluding carboxylic acids is 1. The van der Waals surface area contributed by atoms with Crippen molar-refractivity contribution in [3.8, 4) is 0 Å². The van der Waals surface area contributed by atoms with Crippen molar-refractivity contribution in [2.75, 3.05) is 13.2 Å². The van der Waals surface area contributed by atoms with Gasteiger partial charge in [-0.25, -0.2) is 0 Å². The molecule has 0 aromatic carbocycles. The Bertz CT molecular complexity index is 176. The lowest BCUT2D eigenvalue weighted by atomic mass is 9.94. The van der Waals surface area contributed by atoms with Crippen molar-refractivity contribution < 1.29 is 9.90 Å². The fourth-order valence-electron chi connectivity index (χ4n) is 1.02. The van der Waals surface area contributed by atoms with E-state index in [4.69, 9.17) is 5.11 Å². The Balaban J connectivity index is 3.64. The maximum atomic E-state index is 11.5. The monoisotopic (exact) mass is 201 g/mol. The van der Waals surface area contributed by atoms with Crippen LogP contribution in [0.4, 0.5) is 0 Å². The van der Waals surface area contributed by atoms with E-state index in [-0.39, 0.29) is 12.5 Å². The van der Waals surface area contributed by atoms with Crippen molar-refractivity contribution in [2.45, 2.75) is 40.5 Å². The Kier molecular flexibility index (Phi) is 5.77. The van der Waals surface area contributed by atoms with Crippen LogP contribution in [0.2, 0.25) is 0 Å². The van der Waals surface area contributed by atoms with Crippen molar-refractivity contribution in [2.24, 2.45) is 11.3 Å². The van der Waals surface area contributed by atoms with Crippen molar-refractivity contribution in [3.05, 3.63) is 0 Å². The Labute approximate surface area is 86.9 Å². The van der Waals surface area contributed by atoms with E-state index in [2.05, 4.69) is 19.2 Å². The molecule has 1 amide bonds. The van der Waals surface area contributed by atoms with Crippen LogP contribution < -0.4 is 5.32 Å². The molecule has 3 heteroatoms. The highest BCUT2D eigenvalue weighted by Gasteiger charge is 2.25. The molecular formula is C11H23NO2. The predicted octanol–water partition coefficient (Wildman–Crippen LogP) is 1.56. The molecule has 0 aromatic rings. The first-order chi connectivity index (χ1) is 6.40. The van der Waals surface area contributed by atoms with Gasteiger partial charge < -0.3 is 10.4 Å². The molecule has 14 heavy (non-hydrogen) atoms. The molecule has 0 spiro atoms. The summed E-state index contributed by atoms with van der Waals surface area (Å²) in [6.07, 6.45) is 2.13. The van der Waals surface area contributed by atoms with Gasteiger partial charge in [-0.2, -0.15) is 0 Å². The van der Waals surface area contributed by atoms with E-state index in [0.717, 1.165) is 12.8 Å². The fourth-order valence-corrected chi connectivity index (χ4v) is 1.02. The van der Waals surface area contributed by atoms with Crippen LogP contribution >= 0.6 is 0 Å². The van der Waals surface area contributed by atoms with E-state index in [0.29, 0.717) is 12.5 Å². The highest BCUT2D eigenvalue weighted by Crippen LogP contribution is 2.13. The molecule has 0 rings (SSSR count). The average molecular weight is 201 g/mol. The van der Waals surface area contributed by atoms with E-state index in [1.165, 1.54) is 0 Å². The maximum absolute atomic E-state index is 11.5. The van der Waals surface area contributed by atoms with Gasteiger partial charge in [0.15, 0.2) is 0 Å². The van der Waals surface area contributed by atoms with Gasteiger partial charge in [-0.15, -0.1) is 0 Å². The maximum Gasteiger partial charge on any atom is 0.227 e. The number of aliphatic hydroxyl groups excluding tert-OH is 1. The molecule has 84 valence electrons. The summed E-state index contributed by atoms with van der Waals surface area (Å²) in [4.78, 5) is 11.5. The number of aliphatic hydroxyl groups is 1. The van der Waals surface area contributed by atoms with Crippen LogP contribution in [0.1, 0.15) is 40.5 Å². The predicted molar refractivity (Wildman–Crippen MR) is 57.9 cm³/mol. The molecule has 2 N–H and O–H groups in total. The number of amides is 1. The molecule has 0 radical (unpaired) electrons. The SMILES string of the molecule is CC(C)CCCNC(=O)C(C)(C)CO. The summed E-state index contributed by atoms with van der Waals surface area (Å²) in [6, 6.07) is 0. The molecule has 0 aliphatic carbocycles. The zero-order chi connectivity index (χ0) is 11.2. The van der Waals surface area contributed by atoms with Crippen LogP contribution in [-0.4, -0.2) is 24.2 Å². The lowest BCUT2D eigenvalue weighted by Crippen LogP contribution is -2.39. The summed E-state index contributed by atoms with van der Waals surface area (Å²) in [6.45, 7) is 8.41. The molecule has 0 saturated heterocycles. The number of carbonyl (C=O) groups is 1. The van der Waals surface area contributed by atoms with Gasteiger partial charge in [-0.1, -0.05) is 13.8 Å². The summed E-state index contributed by atoms with van der Waals surface area (Å²) >= 11 is 0. The largest absolute Gasteiger partial charge is 0.395 e. The molecule has 0 bridgehead atoms. The van der Waals surface area contributed by atoms with E-state index in [1.807, 2.05) is 0 Å². The minimum atomic E-state index is -0.655. The van der Waals surface area contributed by atoms with Gasteiger partial charge >= 0.3 is 0 Å². The van der Waals surface area contributed by atoms with Crippen molar-refractivity contribution in [3.63, 3.8) is 0 Å². The Morgan fingerprint density at radius 3 is 2.43 bits per heavy atom. The van der Waals surface area contributed by atoms with Crippen LogP contribution in [-0.2, 0) is 4.79 Å². The third-order valence-electron chi connectivity index (χ3n) is 2.25. The number of hydrogen-bond acceptors (Lipinski definition) is 2. The third kappa shape index (κ3) is 5.22. The zero-order valence-electron chi connectivity index (χ0n) is 9.76. The van der Waals surface area contributed by atoms with Gasteiger partial charge in [0, 0.05) is 6.54 Å². The average Bonchev–Trinajstić information content (AvgIpc) is 2.11.